The molecular weight excluding hydrogens is 444 g/mol. The van der Waals surface area contributed by atoms with E-state index in [2.05, 4.69) is 11.8 Å². The summed E-state index contributed by atoms with van der Waals surface area (Å²) in [6.07, 6.45) is 1.63. The van der Waals surface area contributed by atoms with Gasteiger partial charge >= 0.3 is 0 Å². The topological polar surface area (TPSA) is 79.3 Å². The molecule has 4 rings (SSSR count). The number of benzene rings is 2. The Bertz CT molecular complexity index is 1100. The molecule has 2 aliphatic heterocycles. The van der Waals surface area contributed by atoms with Crippen molar-refractivity contribution in [1.29, 1.82) is 0 Å². The molecule has 2 fully saturated rings. The lowest BCUT2D eigenvalue weighted by Crippen LogP contribution is -2.38. The maximum Gasteiger partial charge on any atom is 0.295 e. The van der Waals surface area contributed by atoms with Gasteiger partial charge in [-0.1, -0.05) is 31.2 Å². The van der Waals surface area contributed by atoms with Gasteiger partial charge in [0.15, 0.2) is 0 Å². The van der Waals surface area contributed by atoms with Crippen molar-refractivity contribution >= 4 is 17.4 Å². The van der Waals surface area contributed by atoms with Crippen LogP contribution in [0.4, 0.5) is 0 Å². The Balaban J connectivity index is 1.69. The summed E-state index contributed by atoms with van der Waals surface area (Å²) in [5, 5.41) is 11.3. The fraction of sp³-hybridized carbons (Fsp3) is 0.429. The Morgan fingerprint density at radius 1 is 1.09 bits per heavy atom. The minimum absolute atomic E-state index is 0.134. The van der Waals surface area contributed by atoms with Crippen molar-refractivity contribution in [3.63, 3.8) is 0 Å². The molecule has 2 heterocycles. The molecule has 0 radical (unpaired) electrons. The number of methoxy groups -OCH3 is 1. The first-order valence-electron chi connectivity index (χ1n) is 12.3. The van der Waals surface area contributed by atoms with Crippen LogP contribution in [0.5, 0.6) is 5.75 Å². The number of likely N-dealkylation sites (tertiary alicyclic amines) is 1. The van der Waals surface area contributed by atoms with Gasteiger partial charge in [0.05, 0.1) is 31.9 Å². The highest BCUT2D eigenvalue weighted by Crippen LogP contribution is 2.40. The number of ketones is 1. The van der Waals surface area contributed by atoms with E-state index in [9.17, 15) is 14.7 Å². The Hall–Kier alpha value is -3.16. The molecule has 2 aromatic carbocycles. The normalized spacial score (nSPS) is 20.4. The third-order valence-electron chi connectivity index (χ3n) is 6.89. The molecule has 7 nitrogen and oxygen atoms in total. The summed E-state index contributed by atoms with van der Waals surface area (Å²) < 4.78 is 10.7. The van der Waals surface area contributed by atoms with Crippen molar-refractivity contribution in [2.24, 2.45) is 0 Å². The number of carbonyl (C=O) groups is 2. The first-order valence-corrected chi connectivity index (χ1v) is 12.3. The maximum absolute atomic E-state index is 13.2. The SMILES string of the molecule is CCc1ccc([C@H]2C(=C(O)c3ccc(OC)c(C)c3)C(=O)C(=O)N2CCCN2CCOCC2)cc1. The zero-order valence-electron chi connectivity index (χ0n) is 20.8. The van der Waals surface area contributed by atoms with Crippen LogP contribution in [0.1, 0.15) is 41.6 Å². The van der Waals surface area contributed by atoms with Crippen LogP contribution in [0.2, 0.25) is 0 Å². The van der Waals surface area contributed by atoms with Gasteiger partial charge in [-0.2, -0.15) is 0 Å². The smallest absolute Gasteiger partial charge is 0.295 e. The van der Waals surface area contributed by atoms with Crippen molar-refractivity contribution in [3.05, 3.63) is 70.3 Å². The molecule has 1 atom stereocenters. The molecule has 0 aromatic heterocycles. The standard InChI is InChI=1S/C28H34N2O5/c1-4-20-6-8-21(9-7-20)25-24(26(31)22-10-11-23(34-3)19(2)18-22)27(32)28(33)30(25)13-5-12-29-14-16-35-17-15-29/h6-11,18,25,31H,4-5,12-17H2,1-3H3/t25-/m0/s1. The van der Waals surface area contributed by atoms with E-state index in [-0.39, 0.29) is 11.3 Å². The van der Waals surface area contributed by atoms with Gasteiger partial charge in [0, 0.05) is 31.7 Å². The molecule has 0 bridgehead atoms. The Labute approximate surface area is 206 Å². The van der Waals surface area contributed by atoms with Gasteiger partial charge in [-0.25, -0.2) is 0 Å². The number of hydrogen-bond donors (Lipinski definition) is 1. The highest BCUT2D eigenvalue weighted by molar-refractivity contribution is 6.46. The van der Waals surface area contributed by atoms with Crippen LogP contribution in [0.25, 0.3) is 5.76 Å². The molecule has 2 aliphatic rings. The molecule has 2 aromatic rings. The van der Waals surface area contributed by atoms with Crippen LogP contribution in [0.3, 0.4) is 0 Å². The van der Waals surface area contributed by atoms with Crippen LogP contribution >= 0.6 is 0 Å². The number of hydrogen-bond acceptors (Lipinski definition) is 6. The Kier molecular flexibility index (Phi) is 7.88. The van der Waals surface area contributed by atoms with Crippen molar-refractivity contribution in [1.82, 2.24) is 9.80 Å². The second-order valence-corrected chi connectivity index (χ2v) is 9.08. The molecule has 0 saturated carbocycles. The van der Waals surface area contributed by atoms with E-state index in [1.54, 1.807) is 30.2 Å². The molecule has 1 N–H and O–H groups in total. The van der Waals surface area contributed by atoms with Gasteiger partial charge < -0.3 is 19.5 Å². The number of rotatable bonds is 8. The molecular formula is C28H34N2O5. The number of ether oxygens (including phenoxy) is 2. The van der Waals surface area contributed by atoms with Crippen molar-refractivity contribution in [3.8, 4) is 5.75 Å². The maximum atomic E-state index is 13.2. The zero-order valence-corrected chi connectivity index (χ0v) is 20.8. The first kappa shape index (κ1) is 24.9. The molecule has 1 amide bonds. The third-order valence-corrected chi connectivity index (χ3v) is 6.89. The number of morpholine rings is 1. The molecule has 2 saturated heterocycles. The first-order chi connectivity index (χ1) is 16.9. The summed E-state index contributed by atoms with van der Waals surface area (Å²) in [5.74, 6) is -0.679. The number of carbonyl (C=O) groups excluding carboxylic acids is 2. The fourth-order valence-corrected chi connectivity index (χ4v) is 4.86. The lowest BCUT2D eigenvalue weighted by atomic mass is 9.94. The average molecular weight is 479 g/mol. The second kappa shape index (κ2) is 11.1. The number of aryl methyl sites for hydroxylation is 2. The summed E-state index contributed by atoms with van der Waals surface area (Å²) in [7, 11) is 1.59. The second-order valence-electron chi connectivity index (χ2n) is 9.08. The summed E-state index contributed by atoms with van der Waals surface area (Å²) in [4.78, 5) is 30.4. The largest absolute Gasteiger partial charge is 0.507 e. The summed E-state index contributed by atoms with van der Waals surface area (Å²) in [6.45, 7) is 8.39. The van der Waals surface area contributed by atoms with Crippen LogP contribution in [0, 0.1) is 6.92 Å². The van der Waals surface area contributed by atoms with E-state index < -0.39 is 17.7 Å². The molecule has 186 valence electrons. The van der Waals surface area contributed by atoms with E-state index in [0.717, 1.165) is 56.8 Å². The van der Waals surface area contributed by atoms with E-state index in [1.807, 2.05) is 31.2 Å². The van der Waals surface area contributed by atoms with Crippen LogP contribution in [0.15, 0.2) is 48.0 Å². The zero-order chi connectivity index (χ0) is 24.9. The van der Waals surface area contributed by atoms with E-state index in [1.165, 1.54) is 5.56 Å². The van der Waals surface area contributed by atoms with Gasteiger partial charge in [-0.15, -0.1) is 0 Å². The van der Waals surface area contributed by atoms with Gasteiger partial charge in [-0.05, 0) is 54.7 Å². The van der Waals surface area contributed by atoms with Crippen molar-refractivity contribution < 1.29 is 24.2 Å². The number of aliphatic hydroxyl groups is 1. The molecule has 35 heavy (non-hydrogen) atoms. The Morgan fingerprint density at radius 2 is 1.80 bits per heavy atom. The lowest BCUT2D eigenvalue weighted by molar-refractivity contribution is -0.140. The minimum atomic E-state index is -0.646. The fourth-order valence-electron chi connectivity index (χ4n) is 4.86. The van der Waals surface area contributed by atoms with E-state index in [0.29, 0.717) is 17.9 Å². The third kappa shape index (κ3) is 5.26. The predicted molar refractivity (Wildman–Crippen MR) is 134 cm³/mol. The highest BCUT2D eigenvalue weighted by atomic mass is 16.5. The van der Waals surface area contributed by atoms with Gasteiger partial charge in [-0.3, -0.25) is 14.5 Å². The molecule has 7 heteroatoms. The molecule has 0 aliphatic carbocycles. The van der Waals surface area contributed by atoms with E-state index >= 15 is 0 Å². The number of nitrogens with zero attached hydrogens (tertiary/aromatic N) is 2. The van der Waals surface area contributed by atoms with Gasteiger partial charge in [0.25, 0.3) is 11.7 Å². The monoisotopic (exact) mass is 478 g/mol. The Morgan fingerprint density at radius 3 is 2.43 bits per heavy atom. The van der Waals surface area contributed by atoms with Crippen molar-refractivity contribution in [2.75, 3.05) is 46.5 Å². The number of amides is 1. The highest BCUT2D eigenvalue weighted by Gasteiger charge is 2.45. The molecule has 0 spiro atoms. The average Bonchev–Trinajstić information content (AvgIpc) is 3.14. The lowest BCUT2D eigenvalue weighted by Gasteiger charge is -2.29. The van der Waals surface area contributed by atoms with Gasteiger partial charge in [0.2, 0.25) is 0 Å². The van der Waals surface area contributed by atoms with Crippen LogP contribution in [-0.2, 0) is 20.7 Å². The predicted octanol–water partition coefficient (Wildman–Crippen LogP) is 3.71. The minimum Gasteiger partial charge on any atom is -0.507 e. The van der Waals surface area contributed by atoms with Crippen molar-refractivity contribution in [2.45, 2.75) is 32.7 Å². The summed E-state index contributed by atoms with van der Waals surface area (Å²) in [6, 6.07) is 12.6. The summed E-state index contributed by atoms with van der Waals surface area (Å²) >= 11 is 0. The van der Waals surface area contributed by atoms with Crippen LogP contribution < -0.4 is 4.74 Å². The number of aliphatic hydroxyl groups excluding tert-OH is 1. The molecule has 0 unspecified atom stereocenters. The van der Waals surface area contributed by atoms with Crippen LogP contribution in [-0.4, -0.2) is 73.1 Å². The van der Waals surface area contributed by atoms with E-state index in [4.69, 9.17) is 9.47 Å². The quantitative estimate of drug-likeness (QED) is 0.354. The number of Topliss-reactive ketones (excluding diaryl/α,β-unsaturated/α-hetero) is 1. The summed E-state index contributed by atoms with van der Waals surface area (Å²) in [5.41, 5.74) is 3.45. The van der Waals surface area contributed by atoms with Gasteiger partial charge in [0.1, 0.15) is 11.5 Å².